The van der Waals surface area contributed by atoms with Crippen molar-refractivity contribution in [2.45, 2.75) is 59.0 Å². The van der Waals surface area contributed by atoms with Gasteiger partial charge in [-0.1, -0.05) is 33.3 Å². The van der Waals surface area contributed by atoms with Crippen LogP contribution < -0.4 is 0 Å². The Labute approximate surface area is 130 Å². The molecule has 0 spiro atoms. The first-order valence-electron chi connectivity index (χ1n) is 7.56. The standard InChI is InChI=1S/C15H28O5Si/c1-5-7-9-18-15(19-10-8-6-2)20-21-12-11-17-14(16)13(3)4/h15H,3,5-12H2,1-2,4H3. The monoisotopic (exact) mass is 316 g/mol. The second kappa shape index (κ2) is 14.3. The highest BCUT2D eigenvalue weighted by atomic mass is 28.2. The highest BCUT2D eigenvalue weighted by Gasteiger charge is 2.10. The van der Waals surface area contributed by atoms with Crippen molar-refractivity contribution < 1.29 is 23.4 Å². The minimum atomic E-state index is -0.613. The van der Waals surface area contributed by atoms with Gasteiger partial charge in [-0.05, 0) is 19.8 Å². The van der Waals surface area contributed by atoms with Crippen LogP contribution in [0.1, 0.15) is 46.5 Å². The van der Waals surface area contributed by atoms with Gasteiger partial charge in [0.05, 0.1) is 19.8 Å². The molecular formula is C15H28O5Si. The molecule has 5 nitrogen and oxygen atoms in total. The molecule has 0 unspecified atom stereocenters. The number of unbranched alkanes of at least 4 members (excludes halogenated alkanes) is 2. The molecule has 0 atom stereocenters. The van der Waals surface area contributed by atoms with E-state index in [1.54, 1.807) is 6.92 Å². The summed E-state index contributed by atoms with van der Waals surface area (Å²) in [6, 6.07) is 0.629. The number of esters is 1. The quantitative estimate of drug-likeness (QED) is 0.162. The van der Waals surface area contributed by atoms with Crippen LogP contribution in [0.5, 0.6) is 0 Å². The smallest absolute Gasteiger partial charge is 0.333 e. The van der Waals surface area contributed by atoms with Gasteiger partial charge in [-0.3, -0.25) is 0 Å². The van der Waals surface area contributed by atoms with Gasteiger partial charge in [-0.2, -0.15) is 0 Å². The molecule has 21 heavy (non-hydrogen) atoms. The fraction of sp³-hybridized carbons (Fsp3) is 0.800. The Hall–Kier alpha value is -0.693. The van der Waals surface area contributed by atoms with E-state index in [4.69, 9.17) is 18.6 Å². The number of carbonyl (C=O) groups excluding carboxylic acids is 1. The molecule has 0 aliphatic carbocycles. The fourth-order valence-electron chi connectivity index (χ4n) is 1.20. The molecule has 0 fully saturated rings. The molecule has 0 aliphatic heterocycles. The van der Waals surface area contributed by atoms with Gasteiger partial charge < -0.3 is 18.6 Å². The van der Waals surface area contributed by atoms with E-state index in [9.17, 15) is 4.79 Å². The zero-order valence-corrected chi connectivity index (χ0v) is 14.5. The van der Waals surface area contributed by atoms with Crippen LogP contribution in [0.3, 0.4) is 0 Å². The summed E-state index contributed by atoms with van der Waals surface area (Å²) in [7, 11) is 0.173. The first kappa shape index (κ1) is 20.3. The molecular weight excluding hydrogens is 288 g/mol. The number of hydrogen-bond acceptors (Lipinski definition) is 5. The Morgan fingerprint density at radius 3 is 2.14 bits per heavy atom. The van der Waals surface area contributed by atoms with E-state index in [2.05, 4.69) is 20.4 Å². The Morgan fingerprint density at radius 2 is 1.67 bits per heavy atom. The van der Waals surface area contributed by atoms with Crippen molar-refractivity contribution in [1.82, 2.24) is 0 Å². The van der Waals surface area contributed by atoms with E-state index in [1.165, 1.54) is 0 Å². The van der Waals surface area contributed by atoms with Gasteiger partial charge in [0.2, 0.25) is 9.76 Å². The summed E-state index contributed by atoms with van der Waals surface area (Å²) in [4.78, 5) is 11.2. The van der Waals surface area contributed by atoms with Crippen molar-refractivity contribution in [2.75, 3.05) is 19.8 Å². The molecule has 0 aromatic heterocycles. The molecule has 0 amide bonds. The van der Waals surface area contributed by atoms with Gasteiger partial charge >= 0.3 is 5.97 Å². The molecule has 0 heterocycles. The zero-order chi connectivity index (χ0) is 15.9. The first-order valence-corrected chi connectivity index (χ1v) is 8.67. The average molecular weight is 316 g/mol. The SMILES string of the molecule is C=C(C)C(=O)OCC[Si]OC(OCCCC)OCCCC. The Balaban J connectivity index is 3.77. The van der Waals surface area contributed by atoms with Crippen molar-refractivity contribution in [2.24, 2.45) is 0 Å². The second-order valence-electron chi connectivity index (χ2n) is 4.67. The van der Waals surface area contributed by atoms with Crippen LogP contribution >= 0.6 is 0 Å². The van der Waals surface area contributed by atoms with Gasteiger partial charge in [0.15, 0.2) is 0 Å². The van der Waals surface area contributed by atoms with Crippen molar-refractivity contribution in [3.05, 3.63) is 12.2 Å². The van der Waals surface area contributed by atoms with Crippen LogP contribution in [0.25, 0.3) is 0 Å². The average Bonchev–Trinajstić information content (AvgIpc) is 2.46. The lowest BCUT2D eigenvalue weighted by atomic mass is 10.4. The highest BCUT2D eigenvalue weighted by molar-refractivity contribution is 6.27. The predicted octanol–water partition coefficient (Wildman–Crippen LogP) is 3.08. The molecule has 0 saturated heterocycles. The molecule has 0 bridgehead atoms. The molecule has 0 aromatic rings. The zero-order valence-electron chi connectivity index (χ0n) is 13.5. The Morgan fingerprint density at radius 1 is 1.10 bits per heavy atom. The van der Waals surface area contributed by atoms with E-state index in [-0.39, 0.29) is 15.7 Å². The molecule has 0 saturated carbocycles. The molecule has 2 radical (unpaired) electrons. The molecule has 0 aromatic carbocycles. The van der Waals surface area contributed by atoms with Crippen molar-refractivity contribution in [3.63, 3.8) is 0 Å². The van der Waals surface area contributed by atoms with E-state index >= 15 is 0 Å². The summed E-state index contributed by atoms with van der Waals surface area (Å²) in [5.74, 6) is -0.366. The summed E-state index contributed by atoms with van der Waals surface area (Å²) in [6.07, 6.45) is 4.11. The third kappa shape index (κ3) is 12.7. The topological polar surface area (TPSA) is 54.0 Å². The van der Waals surface area contributed by atoms with E-state index in [0.29, 0.717) is 31.4 Å². The third-order valence-corrected chi connectivity index (χ3v) is 3.24. The lowest BCUT2D eigenvalue weighted by molar-refractivity contribution is -0.248. The summed E-state index contributed by atoms with van der Waals surface area (Å²) in [5, 5.41) is 0. The lowest BCUT2D eigenvalue weighted by Gasteiger charge is -2.18. The summed E-state index contributed by atoms with van der Waals surface area (Å²) in [5.41, 5.74) is 0.405. The van der Waals surface area contributed by atoms with Crippen LogP contribution in [-0.2, 0) is 23.4 Å². The highest BCUT2D eigenvalue weighted by Crippen LogP contribution is 2.03. The van der Waals surface area contributed by atoms with Crippen LogP contribution in [0.4, 0.5) is 0 Å². The van der Waals surface area contributed by atoms with Gasteiger partial charge in [-0.15, -0.1) is 0 Å². The molecule has 0 aliphatic rings. The van der Waals surface area contributed by atoms with Gasteiger partial charge in [-0.25, -0.2) is 4.79 Å². The van der Waals surface area contributed by atoms with E-state index in [1.807, 2.05) is 0 Å². The Kier molecular flexibility index (Phi) is 13.8. The van der Waals surface area contributed by atoms with Gasteiger partial charge in [0.1, 0.15) is 0 Å². The summed E-state index contributed by atoms with van der Waals surface area (Å²) < 4.78 is 21.6. The lowest BCUT2D eigenvalue weighted by Crippen LogP contribution is -2.24. The van der Waals surface area contributed by atoms with Gasteiger partial charge in [0.25, 0.3) is 6.48 Å². The first-order chi connectivity index (χ1) is 10.1. The van der Waals surface area contributed by atoms with Crippen LogP contribution in [0, 0.1) is 0 Å². The van der Waals surface area contributed by atoms with Crippen molar-refractivity contribution >= 4 is 15.7 Å². The van der Waals surface area contributed by atoms with Crippen LogP contribution in [-0.4, -0.2) is 42.0 Å². The summed E-state index contributed by atoms with van der Waals surface area (Å²) in [6.45, 7) is 10.3. The van der Waals surface area contributed by atoms with Crippen LogP contribution in [0.15, 0.2) is 12.2 Å². The van der Waals surface area contributed by atoms with Crippen molar-refractivity contribution in [3.8, 4) is 0 Å². The molecule has 0 rings (SSSR count). The van der Waals surface area contributed by atoms with E-state index < -0.39 is 6.48 Å². The molecule has 0 N–H and O–H groups in total. The number of carbonyl (C=O) groups is 1. The minimum absolute atomic E-state index is 0.173. The third-order valence-electron chi connectivity index (χ3n) is 2.47. The Bertz CT molecular complexity index is 273. The van der Waals surface area contributed by atoms with Crippen molar-refractivity contribution in [1.29, 1.82) is 0 Å². The van der Waals surface area contributed by atoms with Gasteiger partial charge in [0, 0.05) is 11.6 Å². The molecule has 6 heteroatoms. The predicted molar refractivity (Wildman–Crippen MR) is 82.9 cm³/mol. The van der Waals surface area contributed by atoms with E-state index in [0.717, 1.165) is 25.7 Å². The fourth-order valence-corrected chi connectivity index (χ4v) is 1.77. The maximum atomic E-state index is 11.2. The minimum Gasteiger partial charge on any atom is -0.463 e. The largest absolute Gasteiger partial charge is 0.463 e. The number of ether oxygens (including phenoxy) is 3. The normalized spacial score (nSPS) is 10.9. The molecule has 122 valence electrons. The maximum Gasteiger partial charge on any atom is 0.333 e. The number of rotatable bonds is 14. The summed E-state index contributed by atoms with van der Waals surface area (Å²) >= 11 is 0. The number of hydrogen-bond donors (Lipinski definition) is 0. The van der Waals surface area contributed by atoms with Crippen LogP contribution in [0.2, 0.25) is 6.04 Å². The maximum absolute atomic E-state index is 11.2. The second-order valence-corrected chi connectivity index (χ2v) is 5.69.